The Hall–Kier alpha value is -1.39. The molecular formula is C14H18N2OS. The SMILES string of the molecule is CCc1ccc(OCc2nc(CNC)cs2)cc1. The molecule has 0 aliphatic rings. The second-order valence-corrected chi connectivity index (χ2v) is 4.99. The molecule has 4 heteroatoms. The number of nitrogens with one attached hydrogen (secondary N) is 1. The molecule has 2 aromatic rings. The van der Waals surface area contributed by atoms with E-state index in [0.29, 0.717) is 6.61 Å². The van der Waals surface area contributed by atoms with E-state index in [-0.39, 0.29) is 0 Å². The zero-order valence-electron chi connectivity index (χ0n) is 10.8. The lowest BCUT2D eigenvalue weighted by Crippen LogP contribution is -2.05. The van der Waals surface area contributed by atoms with Gasteiger partial charge in [-0.1, -0.05) is 19.1 Å². The van der Waals surface area contributed by atoms with Crippen LogP contribution < -0.4 is 10.1 Å². The number of nitrogens with zero attached hydrogens (tertiary/aromatic N) is 1. The highest BCUT2D eigenvalue weighted by molar-refractivity contribution is 7.09. The van der Waals surface area contributed by atoms with E-state index in [4.69, 9.17) is 4.74 Å². The van der Waals surface area contributed by atoms with Crippen LogP contribution in [0.5, 0.6) is 5.75 Å². The van der Waals surface area contributed by atoms with Crippen LogP contribution in [0.3, 0.4) is 0 Å². The van der Waals surface area contributed by atoms with Crippen molar-refractivity contribution in [3.05, 3.63) is 45.9 Å². The van der Waals surface area contributed by atoms with E-state index < -0.39 is 0 Å². The molecule has 0 aliphatic carbocycles. The quantitative estimate of drug-likeness (QED) is 0.869. The molecule has 1 heterocycles. The van der Waals surface area contributed by atoms with Crippen LogP contribution in [0, 0.1) is 0 Å². The monoisotopic (exact) mass is 262 g/mol. The third-order valence-corrected chi connectivity index (χ3v) is 3.52. The van der Waals surface area contributed by atoms with Crippen molar-refractivity contribution in [1.29, 1.82) is 0 Å². The summed E-state index contributed by atoms with van der Waals surface area (Å²) in [5.41, 5.74) is 2.40. The van der Waals surface area contributed by atoms with Crippen molar-refractivity contribution in [2.75, 3.05) is 7.05 Å². The van der Waals surface area contributed by atoms with Gasteiger partial charge in [-0.05, 0) is 31.2 Å². The Morgan fingerprint density at radius 2 is 2.06 bits per heavy atom. The summed E-state index contributed by atoms with van der Waals surface area (Å²) in [6, 6.07) is 8.23. The molecule has 0 atom stereocenters. The Labute approximate surface area is 112 Å². The van der Waals surface area contributed by atoms with Gasteiger partial charge in [0.15, 0.2) is 0 Å². The Bertz CT molecular complexity index is 479. The van der Waals surface area contributed by atoms with Crippen molar-refractivity contribution in [1.82, 2.24) is 10.3 Å². The maximum Gasteiger partial charge on any atom is 0.140 e. The van der Waals surface area contributed by atoms with E-state index >= 15 is 0 Å². The third-order valence-electron chi connectivity index (χ3n) is 2.65. The van der Waals surface area contributed by atoms with Gasteiger partial charge in [0.2, 0.25) is 0 Å². The molecule has 3 nitrogen and oxygen atoms in total. The van der Waals surface area contributed by atoms with Crippen LogP contribution in [-0.2, 0) is 19.6 Å². The Morgan fingerprint density at radius 1 is 1.28 bits per heavy atom. The molecule has 0 fully saturated rings. The van der Waals surface area contributed by atoms with E-state index in [2.05, 4.69) is 34.7 Å². The highest BCUT2D eigenvalue weighted by Crippen LogP contribution is 2.16. The molecular weight excluding hydrogens is 244 g/mol. The van der Waals surface area contributed by atoms with Crippen LogP contribution in [0.4, 0.5) is 0 Å². The topological polar surface area (TPSA) is 34.1 Å². The first kappa shape index (κ1) is 13.1. The maximum atomic E-state index is 5.71. The van der Waals surface area contributed by atoms with Crippen LogP contribution in [0.2, 0.25) is 0 Å². The fourth-order valence-corrected chi connectivity index (χ4v) is 2.35. The average molecular weight is 262 g/mol. The van der Waals surface area contributed by atoms with Gasteiger partial charge in [-0.15, -0.1) is 11.3 Å². The Morgan fingerprint density at radius 3 is 2.72 bits per heavy atom. The van der Waals surface area contributed by atoms with Gasteiger partial charge < -0.3 is 10.1 Å². The fraction of sp³-hybridized carbons (Fsp3) is 0.357. The van der Waals surface area contributed by atoms with E-state index in [1.165, 1.54) is 5.56 Å². The Kier molecular flexibility index (Phi) is 4.73. The number of thiazole rings is 1. The summed E-state index contributed by atoms with van der Waals surface area (Å²) >= 11 is 1.64. The summed E-state index contributed by atoms with van der Waals surface area (Å²) in [5, 5.41) is 6.17. The molecule has 0 unspecified atom stereocenters. The van der Waals surface area contributed by atoms with Crippen LogP contribution in [0.15, 0.2) is 29.6 Å². The number of rotatable bonds is 6. The second-order valence-electron chi connectivity index (χ2n) is 4.05. The molecule has 0 saturated carbocycles. The van der Waals surface area contributed by atoms with Gasteiger partial charge in [-0.3, -0.25) is 0 Å². The highest BCUT2D eigenvalue weighted by atomic mass is 32.1. The number of aryl methyl sites for hydroxylation is 1. The Balaban J connectivity index is 1.89. The number of aromatic nitrogens is 1. The summed E-state index contributed by atoms with van der Waals surface area (Å²) in [6.45, 7) is 3.50. The van der Waals surface area contributed by atoms with Crippen LogP contribution in [0.1, 0.15) is 23.2 Å². The van der Waals surface area contributed by atoms with E-state index in [1.54, 1.807) is 11.3 Å². The summed E-state index contributed by atoms with van der Waals surface area (Å²) in [4.78, 5) is 4.48. The molecule has 2 rings (SSSR count). The highest BCUT2D eigenvalue weighted by Gasteiger charge is 2.02. The number of hydrogen-bond donors (Lipinski definition) is 1. The van der Waals surface area contributed by atoms with Gasteiger partial charge in [0.1, 0.15) is 17.4 Å². The van der Waals surface area contributed by atoms with E-state index in [1.807, 2.05) is 19.2 Å². The molecule has 0 saturated heterocycles. The lowest BCUT2D eigenvalue weighted by Gasteiger charge is -2.04. The average Bonchev–Trinajstić information content (AvgIpc) is 2.85. The lowest BCUT2D eigenvalue weighted by atomic mass is 10.2. The summed E-state index contributed by atoms with van der Waals surface area (Å²) in [6.07, 6.45) is 1.06. The summed E-state index contributed by atoms with van der Waals surface area (Å²) in [5.74, 6) is 0.901. The summed E-state index contributed by atoms with van der Waals surface area (Å²) < 4.78 is 5.71. The standard InChI is InChI=1S/C14H18N2OS/c1-3-11-4-6-13(7-5-11)17-9-14-16-12(8-15-2)10-18-14/h4-7,10,15H,3,8-9H2,1-2H3. The van der Waals surface area contributed by atoms with E-state index in [9.17, 15) is 0 Å². The largest absolute Gasteiger partial charge is 0.486 e. The van der Waals surface area contributed by atoms with Crippen LogP contribution >= 0.6 is 11.3 Å². The number of ether oxygens (including phenoxy) is 1. The minimum absolute atomic E-state index is 0.542. The van der Waals surface area contributed by atoms with Crippen molar-refractivity contribution < 1.29 is 4.74 Å². The molecule has 1 N–H and O–H groups in total. The molecule has 0 amide bonds. The predicted octanol–water partition coefficient (Wildman–Crippen LogP) is 3.00. The maximum absolute atomic E-state index is 5.71. The fourth-order valence-electron chi connectivity index (χ4n) is 1.64. The lowest BCUT2D eigenvalue weighted by molar-refractivity contribution is 0.305. The molecule has 0 radical (unpaired) electrons. The third kappa shape index (κ3) is 3.55. The van der Waals surface area contributed by atoms with Gasteiger partial charge in [-0.2, -0.15) is 0 Å². The minimum Gasteiger partial charge on any atom is -0.486 e. The smallest absolute Gasteiger partial charge is 0.140 e. The minimum atomic E-state index is 0.542. The zero-order valence-corrected chi connectivity index (χ0v) is 11.6. The molecule has 0 aliphatic heterocycles. The molecule has 1 aromatic carbocycles. The number of hydrogen-bond acceptors (Lipinski definition) is 4. The zero-order chi connectivity index (χ0) is 12.8. The van der Waals surface area contributed by atoms with Crippen molar-refractivity contribution >= 4 is 11.3 Å². The van der Waals surface area contributed by atoms with Crippen LogP contribution in [0.25, 0.3) is 0 Å². The van der Waals surface area contributed by atoms with Crippen molar-refractivity contribution in [3.8, 4) is 5.75 Å². The van der Waals surface area contributed by atoms with Crippen molar-refractivity contribution in [2.24, 2.45) is 0 Å². The molecule has 0 spiro atoms. The van der Waals surface area contributed by atoms with Gasteiger partial charge in [-0.25, -0.2) is 4.98 Å². The first-order valence-electron chi connectivity index (χ1n) is 6.11. The molecule has 96 valence electrons. The van der Waals surface area contributed by atoms with Gasteiger partial charge in [0.25, 0.3) is 0 Å². The van der Waals surface area contributed by atoms with Crippen molar-refractivity contribution in [2.45, 2.75) is 26.5 Å². The normalized spacial score (nSPS) is 10.6. The van der Waals surface area contributed by atoms with Gasteiger partial charge in [0.05, 0.1) is 5.69 Å². The number of benzene rings is 1. The summed E-state index contributed by atoms with van der Waals surface area (Å²) in [7, 11) is 1.92. The molecule has 1 aromatic heterocycles. The van der Waals surface area contributed by atoms with Gasteiger partial charge >= 0.3 is 0 Å². The van der Waals surface area contributed by atoms with Crippen LogP contribution in [-0.4, -0.2) is 12.0 Å². The first-order chi connectivity index (χ1) is 8.81. The van der Waals surface area contributed by atoms with Gasteiger partial charge in [0, 0.05) is 11.9 Å². The molecule has 18 heavy (non-hydrogen) atoms. The molecule has 0 bridgehead atoms. The van der Waals surface area contributed by atoms with Crippen molar-refractivity contribution in [3.63, 3.8) is 0 Å². The second kappa shape index (κ2) is 6.52. The van der Waals surface area contributed by atoms with E-state index in [0.717, 1.165) is 29.4 Å². The predicted molar refractivity (Wildman–Crippen MR) is 75.0 cm³/mol. The first-order valence-corrected chi connectivity index (χ1v) is 6.99.